The molecule has 0 aliphatic carbocycles. The van der Waals surface area contributed by atoms with Crippen molar-refractivity contribution in [3.05, 3.63) is 23.4 Å². The van der Waals surface area contributed by atoms with E-state index < -0.39 is 0 Å². The van der Waals surface area contributed by atoms with Crippen LogP contribution >= 0.6 is 11.6 Å². The second-order valence-corrected chi connectivity index (χ2v) is 1.78. The number of nitrogen functional groups attached to an aromatic ring is 1. The summed E-state index contributed by atoms with van der Waals surface area (Å²) >= 11 is 5.52. The van der Waals surface area contributed by atoms with Crippen LogP contribution in [0, 0.1) is 0 Å². The van der Waals surface area contributed by atoms with Gasteiger partial charge in [-0.2, -0.15) is 0 Å². The average molecular weight is 152 g/mol. The number of nitrogens with zero attached hydrogens (tertiary/aromatic N) is 1. The van der Waals surface area contributed by atoms with Crippen LogP contribution in [0.15, 0.2) is 18.3 Å². The molecule has 9 heavy (non-hydrogen) atoms. The molecule has 0 atom stereocenters. The van der Waals surface area contributed by atoms with Crippen molar-refractivity contribution < 1.29 is 0 Å². The topological polar surface area (TPSA) is 38.9 Å². The van der Waals surface area contributed by atoms with E-state index in [1.807, 2.05) is 0 Å². The monoisotopic (exact) mass is 151 g/mol. The normalized spacial score (nSPS) is 8.11. The Hall–Kier alpha value is 0.240. The predicted octanol–water partition coefficient (Wildman–Crippen LogP) is 0.936. The van der Waals surface area contributed by atoms with Crippen molar-refractivity contribution in [2.45, 2.75) is 0 Å². The molecule has 1 aromatic heterocycles. The van der Waals surface area contributed by atoms with Crippen LogP contribution in [0.2, 0.25) is 5.02 Å². The van der Waals surface area contributed by atoms with Gasteiger partial charge in [-0.15, -0.1) is 0 Å². The molecule has 1 rings (SSSR count). The van der Waals surface area contributed by atoms with E-state index in [1.165, 1.54) is 0 Å². The molecule has 43 valence electrons. The van der Waals surface area contributed by atoms with E-state index in [4.69, 9.17) is 17.3 Å². The Morgan fingerprint density at radius 1 is 1.56 bits per heavy atom. The van der Waals surface area contributed by atoms with Gasteiger partial charge < -0.3 is 5.73 Å². The summed E-state index contributed by atoms with van der Waals surface area (Å²) in [6.45, 7) is 0. The number of hydrogen-bond acceptors (Lipinski definition) is 2. The standard InChI is InChI=1S/C5H5ClN2.Na/c6-4-2-1-3-8-5(4)7;/h1-3H,(H2,7,8);. The van der Waals surface area contributed by atoms with Crippen molar-refractivity contribution >= 4 is 47.0 Å². The van der Waals surface area contributed by atoms with Gasteiger partial charge in [-0.1, -0.05) is 11.6 Å². The molecule has 0 aliphatic rings. The molecule has 0 spiro atoms. The first-order valence-electron chi connectivity index (χ1n) is 2.16. The Kier molecular flexibility index (Phi) is 4.23. The molecule has 0 saturated carbocycles. The Morgan fingerprint density at radius 3 is 2.56 bits per heavy atom. The Morgan fingerprint density at radius 2 is 2.22 bits per heavy atom. The van der Waals surface area contributed by atoms with E-state index in [-0.39, 0.29) is 29.6 Å². The van der Waals surface area contributed by atoms with Gasteiger partial charge in [0, 0.05) is 35.8 Å². The van der Waals surface area contributed by atoms with Crippen LogP contribution in [0.4, 0.5) is 5.82 Å². The molecule has 1 heterocycles. The summed E-state index contributed by atoms with van der Waals surface area (Å²) < 4.78 is 0. The fourth-order valence-corrected chi connectivity index (χ4v) is 0.519. The van der Waals surface area contributed by atoms with Gasteiger partial charge in [-0.25, -0.2) is 4.98 Å². The minimum absolute atomic E-state index is 0. The van der Waals surface area contributed by atoms with Crippen molar-refractivity contribution in [2.24, 2.45) is 0 Å². The smallest absolute Gasteiger partial charge is 0.142 e. The average Bonchev–Trinajstić information content (AvgIpc) is 1.77. The zero-order valence-corrected chi connectivity index (χ0v) is 7.89. The Balaban J connectivity index is 0.000000640. The molecular formula is C5H5ClN2Na. The van der Waals surface area contributed by atoms with Crippen LogP contribution in [0.1, 0.15) is 0 Å². The molecule has 0 saturated heterocycles. The summed E-state index contributed by atoms with van der Waals surface area (Å²) in [6.07, 6.45) is 1.60. The van der Waals surface area contributed by atoms with E-state index in [0.717, 1.165) is 0 Å². The van der Waals surface area contributed by atoms with E-state index in [0.29, 0.717) is 10.8 Å². The van der Waals surface area contributed by atoms with Crippen molar-refractivity contribution in [3.8, 4) is 0 Å². The molecule has 4 heteroatoms. The van der Waals surface area contributed by atoms with E-state index in [1.54, 1.807) is 18.3 Å². The Labute approximate surface area is 80.7 Å². The quantitative estimate of drug-likeness (QED) is 0.561. The zero-order valence-electron chi connectivity index (χ0n) is 5.13. The minimum atomic E-state index is 0. The molecule has 0 aliphatic heterocycles. The van der Waals surface area contributed by atoms with Gasteiger partial charge in [-0.05, 0) is 12.1 Å². The zero-order chi connectivity index (χ0) is 5.98. The van der Waals surface area contributed by atoms with Gasteiger partial charge in [0.15, 0.2) is 0 Å². The maximum absolute atomic E-state index is 5.52. The van der Waals surface area contributed by atoms with Crippen LogP contribution in [0.3, 0.4) is 0 Å². The third-order valence-electron chi connectivity index (χ3n) is 0.787. The van der Waals surface area contributed by atoms with Crippen molar-refractivity contribution in [2.75, 3.05) is 5.73 Å². The van der Waals surface area contributed by atoms with Crippen LogP contribution in [0.25, 0.3) is 0 Å². The van der Waals surface area contributed by atoms with Crippen molar-refractivity contribution in [1.82, 2.24) is 4.98 Å². The third-order valence-corrected chi connectivity index (χ3v) is 1.11. The van der Waals surface area contributed by atoms with Gasteiger partial charge in [0.1, 0.15) is 5.82 Å². The van der Waals surface area contributed by atoms with Crippen LogP contribution in [0.5, 0.6) is 0 Å². The number of rotatable bonds is 0. The maximum atomic E-state index is 5.52. The first-order chi connectivity index (χ1) is 3.80. The number of aromatic nitrogens is 1. The summed E-state index contributed by atoms with van der Waals surface area (Å²) in [7, 11) is 0. The largest absolute Gasteiger partial charge is 0.382 e. The number of pyridine rings is 1. The number of nitrogens with two attached hydrogens (primary N) is 1. The number of hydrogen-bond donors (Lipinski definition) is 1. The van der Waals surface area contributed by atoms with Gasteiger partial charge in [0.05, 0.1) is 5.02 Å². The molecule has 2 nitrogen and oxygen atoms in total. The molecule has 1 radical (unpaired) electrons. The van der Waals surface area contributed by atoms with Crippen molar-refractivity contribution in [1.29, 1.82) is 0 Å². The molecule has 0 unspecified atom stereocenters. The summed E-state index contributed by atoms with van der Waals surface area (Å²) in [5, 5.41) is 0.507. The van der Waals surface area contributed by atoms with Crippen LogP contribution in [-0.4, -0.2) is 34.5 Å². The molecule has 0 aromatic carbocycles. The molecule has 0 amide bonds. The third kappa shape index (κ3) is 2.54. The molecule has 2 N–H and O–H groups in total. The van der Waals surface area contributed by atoms with Gasteiger partial charge in [0.25, 0.3) is 0 Å². The first-order valence-corrected chi connectivity index (χ1v) is 2.54. The summed E-state index contributed by atoms with van der Waals surface area (Å²) in [6, 6.07) is 3.43. The van der Waals surface area contributed by atoms with Gasteiger partial charge in [-0.3, -0.25) is 0 Å². The fraction of sp³-hybridized carbons (Fsp3) is 0. The Bertz CT molecular complexity index is 171. The minimum Gasteiger partial charge on any atom is -0.382 e. The predicted molar refractivity (Wildman–Crippen MR) is 39.4 cm³/mol. The van der Waals surface area contributed by atoms with Gasteiger partial charge >= 0.3 is 0 Å². The van der Waals surface area contributed by atoms with Crippen molar-refractivity contribution in [3.63, 3.8) is 0 Å². The summed E-state index contributed by atoms with van der Waals surface area (Å²) in [5.41, 5.74) is 5.28. The number of halogens is 1. The summed E-state index contributed by atoms with van der Waals surface area (Å²) in [5.74, 6) is 0.383. The first kappa shape index (κ1) is 9.24. The maximum Gasteiger partial charge on any atom is 0.142 e. The summed E-state index contributed by atoms with van der Waals surface area (Å²) in [4.78, 5) is 3.72. The molecule has 1 aromatic rings. The van der Waals surface area contributed by atoms with E-state index in [9.17, 15) is 0 Å². The fourth-order valence-electron chi connectivity index (χ4n) is 0.398. The second kappa shape index (κ2) is 4.12. The number of anilines is 1. The van der Waals surface area contributed by atoms with Gasteiger partial charge in [0.2, 0.25) is 0 Å². The van der Waals surface area contributed by atoms with Crippen LogP contribution in [-0.2, 0) is 0 Å². The van der Waals surface area contributed by atoms with Crippen LogP contribution < -0.4 is 5.73 Å². The molecular weight excluding hydrogens is 147 g/mol. The van der Waals surface area contributed by atoms with E-state index >= 15 is 0 Å². The molecule has 0 bridgehead atoms. The second-order valence-electron chi connectivity index (χ2n) is 1.37. The molecule has 0 fully saturated rings. The SMILES string of the molecule is Nc1ncccc1Cl.[Na]. The van der Waals surface area contributed by atoms with E-state index in [2.05, 4.69) is 4.98 Å².